The van der Waals surface area contributed by atoms with Crippen molar-refractivity contribution in [3.63, 3.8) is 0 Å². The molecule has 0 saturated carbocycles. The van der Waals surface area contributed by atoms with Gasteiger partial charge in [-0.3, -0.25) is 0 Å². The number of rotatable bonds is 1. The van der Waals surface area contributed by atoms with Crippen LogP contribution in [0.1, 0.15) is 0 Å². The van der Waals surface area contributed by atoms with Gasteiger partial charge in [-0.15, -0.1) is 12.4 Å². The first-order chi connectivity index (χ1) is 5.47. The third-order valence-corrected chi connectivity index (χ3v) is 1.39. The number of hydrogen-bond donors (Lipinski definition) is 0. The van der Waals surface area contributed by atoms with E-state index in [-0.39, 0.29) is 12.4 Å². The van der Waals surface area contributed by atoms with E-state index < -0.39 is 0 Å². The van der Waals surface area contributed by atoms with Crippen LogP contribution in [0.15, 0.2) is 42.9 Å². The molecule has 0 fully saturated rings. The summed E-state index contributed by atoms with van der Waals surface area (Å²) in [5, 5.41) is 4.04. The first-order valence-corrected chi connectivity index (χ1v) is 3.38. The third kappa shape index (κ3) is 1.62. The lowest BCUT2D eigenvalue weighted by Crippen LogP contribution is -1.95. The summed E-state index contributed by atoms with van der Waals surface area (Å²) in [6, 6.07) is 7.60. The molecule has 0 unspecified atom stereocenters. The largest absolute Gasteiger partial charge is 0.237 e. The molecule has 2 heterocycles. The Bertz CT molecular complexity index is 317. The van der Waals surface area contributed by atoms with E-state index in [0.29, 0.717) is 0 Å². The first kappa shape index (κ1) is 8.74. The minimum absolute atomic E-state index is 0. The van der Waals surface area contributed by atoms with Crippen LogP contribution in [0.3, 0.4) is 0 Å². The van der Waals surface area contributed by atoms with Crippen molar-refractivity contribution < 1.29 is 0 Å². The van der Waals surface area contributed by atoms with Crippen LogP contribution in [-0.4, -0.2) is 14.8 Å². The van der Waals surface area contributed by atoms with E-state index in [2.05, 4.69) is 10.1 Å². The van der Waals surface area contributed by atoms with Crippen LogP contribution in [0.2, 0.25) is 0 Å². The molecule has 0 amide bonds. The molecular weight excluding hydrogens is 174 g/mol. The lowest BCUT2D eigenvalue weighted by atomic mass is 10.5. The van der Waals surface area contributed by atoms with Crippen molar-refractivity contribution in [3.8, 4) is 5.82 Å². The second-order valence-electron chi connectivity index (χ2n) is 2.14. The van der Waals surface area contributed by atoms with Gasteiger partial charge in [-0.1, -0.05) is 6.07 Å². The third-order valence-electron chi connectivity index (χ3n) is 1.39. The standard InChI is InChI=1S/C8H7N3.ClH/c1-2-5-9-8(4-1)11-7-3-6-10-11;/h1-7H;1H. The van der Waals surface area contributed by atoms with Crippen LogP contribution in [0.5, 0.6) is 0 Å². The van der Waals surface area contributed by atoms with Crippen LogP contribution in [0.25, 0.3) is 5.82 Å². The minimum Gasteiger partial charge on any atom is -0.237 e. The molecule has 2 rings (SSSR count). The summed E-state index contributed by atoms with van der Waals surface area (Å²) >= 11 is 0. The average molecular weight is 182 g/mol. The number of pyridine rings is 1. The molecule has 0 radical (unpaired) electrons. The highest BCUT2D eigenvalue weighted by atomic mass is 35.5. The maximum absolute atomic E-state index is 4.12. The summed E-state index contributed by atoms with van der Waals surface area (Å²) in [6.07, 6.45) is 5.34. The predicted molar refractivity (Wildman–Crippen MR) is 48.6 cm³/mol. The van der Waals surface area contributed by atoms with Gasteiger partial charge in [-0.2, -0.15) is 5.10 Å². The van der Waals surface area contributed by atoms with Gasteiger partial charge in [0, 0.05) is 18.6 Å². The van der Waals surface area contributed by atoms with Gasteiger partial charge < -0.3 is 0 Å². The number of hydrogen-bond acceptors (Lipinski definition) is 2. The van der Waals surface area contributed by atoms with Gasteiger partial charge in [0.25, 0.3) is 0 Å². The zero-order valence-corrected chi connectivity index (χ0v) is 7.11. The Hall–Kier alpha value is -1.35. The van der Waals surface area contributed by atoms with E-state index in [9.17, 15) is 0 Å². The topological polar surface area (TPSA) is 30.7 Å². The molecule has 0 atom stereocenters. The zero-order chi connectivity index (χ0) is 7.52. The smallest absolute Gasteiger partial charge is 0.153 e. The van der Waals surface area contributed by atoms with Crippen LogP contribution in [0.4, 0.5) is 0 Å². The number of halogens is 1. The molecule has 0 saturated heterocycles. The highest BCUT2D eigenvalue weighted by molar-refractivity contribution is 5.85. The van der Waals surface area contributed by atoms with Gasteiger partial charge in [0.15, 0.2) is 5.82 Å². The van der Waals surface area contributed by atoms with Gasteiger partial charge in [0.1, 0.15) is 0 Å². The summed E-state index contributed by atoms with van der Waals surface area (Å²) in [7, 11) is 0. The fraction of sp³-hybridized carbons (Fsp3) is 0. The van der Waals surface area contributed by atoms with Crippen molar-refractivity contribution in [2.24, 2.45) is 0 Å². The van der Waals surface area contributed by atoms with Gasteiger partial charge in [0.2, 0.25) is 0 Å². The Morgan fingerprint density at radius 3 is 2.58 bits per heavy atom. The van der Waals surface area contributed by atoms with Gasteiger partial charge in [-0.05, 0) is 18.2 Å². The quantitative estimate of drug-likeness (QED) is 0.671. The second-order valence-corrected chi connectivity index (χ2v) is 2.14. The molecular formula is C8H8ClN3. The Morgan fingerprint density at radius 2 is 2.00 bits per heavy atom. The summed E-state index contributed by atoms with van der Waals surface area (Å²) in [4.78, 5) is 4.12. The van der Waals surface area contributed by atoms with Crippen LogP contribution >= 0.6 is 12.4 Å². The molecule has 12 heavy (non-hydrogen) atoms. The van der Waals surface area contributed by atoms with Crippen molar-refractivity contribution in [1.82, 2.24) is 14.8 Å². The lowest BCUT2D eigenvalue weighted by Gasteiger charge is -1.96. The molecule has 0 bridgehead atoms. The molecule has 2 aromatic heterocycles. The van der Waals surface area contributed by atoms with E-state index in [1.165, 1.54) is 0 Å². The zero-order valence-electron chi connectivity index (χ0n) is 6.29. The molecule has 4 heteroatoms. The SMILES string of the molecule is Cl.c1ccc(-n2cccn2)nc1. The minimum atomic E-state index is 0. The molecule has 0 aliphatic heterocycles. The van der Waals surface area contributed by atoms with Crippen molar-refractivity contribution in [1.29, 1.82) is 0 Å². The Morgan fingerprint density at radius 1 is 1.08 bits per heavy atom. The first-order valence-electron chi connectivity index (χ1n) is 3.38. The highest BCUT2D eigenvalue weighted by Crippen LogP contribution is 1.98. The van der Waals surface area contributed by atoms with Crippen LogP contribution in [-0.2, 0) is 0 Å². The maximum atomic E-state index is 4.12. The van der Waals surface area contributed by atoms with Crippen LogP contribution in [0, 0.1) is 0 Å². The van der Waals surface area contributed by atoms with E-state index in [1.54, 1.807) is 17.1 Å². The molecule has 0 aliphatic rings. The van der Waals surface area contributed by atoms with Gasteiger partial charge >= 0.3 is 0 Å². The molecule has 0 aliphatic carbocycles. The van der Waals surface area contributed by atoms with E-state index >= 15 is 0 Å². The number of aromatic nitrogens is 3. The van der Waals surface area contributed by atoms with Crippen molar-refractivity contribution in [2.45, 2.75) is 0 Å². The van der Waals surface area contributed by atoms with E-state index in [1.807, 2.05) is 30.5 Å². The average Bonchev–Trinajstić information content (AvgIpc) is 2.58. The Labute approximate surface area is 76.5 Å². The Kier molecular flexibility index (Phi) is 2.82. The maximum Gasteiger partial charge on any atom is 0.153 e. The van der Waals surface area contributed by atoms with Crippen molar-refractivity contribution in [3.05, 3.63) is 42.9 Å². The summed E-state index contributed by atoms with van der Waals surface area (Å²) < 4.78 is 1.72. The molecule has 0 spiro atoms. The van der Waals surface area contributed by atoms with Crippen LogP contribution < -0.4 is 0 Å². The second kappa shape index (κ2) is 3.88. The summed E-state index contributed by atoms with van der Waals surface area (Å²) in [6.45, 7) is 0. The highest BCUT2D eigenvalue weighted by Gasteiger charge is 1.92. The normalized spacial score (nSPS) is 9.00. The monoisotopic (exact) mass is 181 g/mol. The Balaban J connectivity index is 0.000000720. The molecule has 0 aromatic carbocycles. The van der Waals surface area contributed by atoms with Crippen molar-refractivity contribution in [2.75, 3.05) is 0 Å². The molecule has 62 valence electrons. The summed E-state index contributed by atoms with van der Waals surface area (Å²) in [5.74, 6) is 0.845. The molecule has 2 aromatic rings. The van der Waals surface area contributed by atoms with Gasteiger partial charge in [-0.25, -0.2) is 9.67 Å². The summed E-state index contributed by atoms with van der Waals surface area (Å²) in [5.41, 5.74) is 0. The van der Waals surface area contributed by atoms with Crippen molar-refractivity contribution >= 4 is 12.4 Å². The molecule has 0 N–H and O–H groups in total. The number of nitrogens with zero attached hydrogens (tertiary/aromatic N) is 3. The fourth-order valence-electron chi connectivity index (χ4n) is 0.894. The predicted octanol–water partition coefficient (Wildman–Crippen LogP) is 1.69. The fourth-order valence-corrected chi connectivity index (χ4v) is 0.894. The van der Waals surface area contributed by atoms with E-state index in [4.69, 9.17) is 0 Å². The molecule has 3 nitrogen and oxygen atoms in total. The van der Waals surface area contributed by atoms with E-state index in [0.717, 1.165) is 5.82 Å². The lowest BCUT2D eigenvalue weighted by molar-refractivity contribution is 0.847. The van der Waals surface area contributed by atoms with Gasteiger partial charge in [0.05, 0.1) is 0 Å².